The van der Waals surface area contributed by atoms with Gasteiger partial charge in [-0.15, -0.1) is 0 Å². The molecule has 0 aliphatic rings. The lowest BCUT2D eigenvalue weighted by Gasteiger charge is -2.19. The van der Waals surface area contributed by atoms with Crippen molar-refractivity contribution in [3.05, 3.63) is 46.2 Å². The fourth-order valence-electron chi connectivity index (χ4n) is 2.31. The highest BCUT2D eigenvalue weighted by Gasteiger charge is 2.14. The van der Waals surface area contributed by atoms with Gasteiger partial charge in [-0.1, -0.05) is 13.0 Å². The Morgan fingerprint density at radius 3 is 2.76 bits per heavy atom. The predicted octanol–water partition coefficient (Wildman–Crippen LogP) is 3.47. The van der Waals surface area contributed by atoms with Crippen molar-refractivity contribution in [1.82, 2.24) is 15.1 Å². The summed E-state index contributed by atoms with van der Waals surface area (Å²) in [6, 6.07) is 8.55. The number of nitrogens with one attached hydrogen (secondary N) is 1. The standard InChI is InChI=1S/C16H22BrN3O/c1-4-8-18-15(11-13-7-9-20(2)19-13)12-5-6-16(21-3)14(17)10-12/h5-7,9-10,15,18H,4,8,11H2,1-3H3. The minimum atomic E-state index is 0.252. The third-order valence-electron chi connectivity index (χ3n) is 3.40. The van der Waals surface area contributed by atoms with E-state index in [9.17, 15) is 0 Å². The highest BCUT2D eigenvalue weighted by Crippen LogP contribution is 2.29. The number of halogens is 1. The summed E-state index contributed by atoms with van der Waals surface area (Å²) in [7, 11) is 3.63. The summed E-state index contributed by atoms with van der Waals surface area (Å²) >= 11 is 3.56. The lowest BCUT2D eigenvalue weighted by atomic mass is 10.0. The molecule has 0 spiro atoms. The Kier molecular flexibility index (Phi) is 5.82. The van der Waals surface area contributed by atoms with Gasteiger partial charge in [0.15, 0.2) is 0 Å². The zero-order valence-electron chi connectivity index (χ0n) is 12.8. The Morgan fingerprint density at radius 1 is 1.38 bits per heavy atom. The normalized spacial score (nSPS) is 12.4. The fourth-order valence-corrected chi connectivity index (χ4v) is 2.87. The van der Waals surface area contributed by atoms with Crippen LogP contribution < -0.4 is 10.1 Å². The summed E-state index contributed by atoms with van der Waals surface area (Å²) in [5.41, 5.74) is 2.33. The largest absolute Gasteiger partial charge is 0.496 e. The molecule has 0 bridgehead atoms. The van der Waals surface area contributed by atoms with Crippen molar-refractivity contribution in [3.63, 3.8) is 0 Å². The number of rotatable bonds is 7. The average molecular weight is 352 g/mol. The first kappa shape index (κ1) is 16.0. The van der Waals surface area contributed by atoms with Crippen LogP contribution in [0.3, 0.4) is 0 Å². The smallest absolute Gasteiger partial charge is 0.133 e. The van der Waals surface area contributed by atoms with Crippen LogP contribution in [0.1, 0.15) is 30.6 Å². The lowest BCUT2D eigenvalue weighted by molar-refractivity contribution is 0.411. The van der Waals surface area contributed by atoms with E-state index in [2.05, 4.69) is 51.5 Å². The Bertz CT molecular complexity index is 583. The van der Waals surface area contributed by atoms with Crippen LogP contribution in [-0.2, 0) is 13.5 Å². The number of hydrogen-bond donors (Lipinski definition) is 1. The number of aryl methyl sites for hydroxylation is 1. The van der Waals surface area contributed by atoms with Crippen LogP contribution in [0, 0.1) is 0 Å². The first-order valence-corrected chi connectivity index (χ1v) is 7.98. The Morgan fingerprint density at radius 2 is 2.19 bits per heavy atom. The Labute approximate surface area is 134 Å². The second kappa shape index (κ2) is 7.61. The molecule has 0 fully saturated rings. The van der Waals surface area contributed by atoms with Gasteiger partial charge in [-0.2, -0.15) is 5.10 Å². The van der Waals surface area contributed by atoms with E-state index >= 15 is 0 Å². The third kappa shape index (κ3) is 4.32. The number of benzene rings is 1. The van der Waals surface area contributed by atoms with E-state index in [4.69, 9.17) is 4.74 Å². The van der Waals surface area contributed by atoms with E-state index in [1.807, 2.05) is 24.0 Å². The molecular formula is C16H22BrN3O. The van der Waals surface area contributed by atoms with Crippen LogP contribution in [0.15, 0.2) is 34.9 Å². The predicted molar refractivity (Wildman–Crippen MR) is 88.6 cm³/mol. The summed E-state index contributed by atoms with van der Waals surface area (Å²) in [5, 5.41) is 8.08. The Balaban J connectivity index is 2.20. The van der Waals surface area contributed by atoms with Crippen molar-refractivity contribution in [1.29, 1.82) is 0 Å². The molecular weight excluding hydrogens is 330 g/mol. The van der Waals surface area contributed by atoms with Crippen LogP contribution >= 0.6 is 15.9 Å². The zero-order valence-corrected chi connectivity index (χ0v) is 14.4. The van der Waals surface area contributed by atoms with Gasteiger partial charge in [0.1, 0.15) is 5.75 Å². The summed E-state index contributed by atoms with van der Waals surface area (Å²) in [4.78, 5) is 0. The van der Waals surface area contributed by atoms with Gasteiger partial charge in [-0.3, -0.25) is 4.68 Å². The third-order valence-corrected chi connectivity index (χ3v) is 4.02. The lowest BCUT2D eigenvalue weighted by Crippen LogP contribution is -2.24. The topological polar surface area (TPSA) is 39.1 Å². The number of aromatic nitrogens is 2. The minimum Gasteiger partial charge on any atom is -0.496 e. The molecule has 0 saturated carbocycles. The van der Waals surface area contributed by atoms with Crippen LogP contribution in [0.25, 0.3) is 0 Å². The molecule has 1 aromatic heterocycles. The molecule has 21 heavy (non-hydrogen) atoms. The first-order valence-electron chi connectivity index (χ1n) is 7.19. The summed E-state index contributed by atoms with van der Waals surface area (Å²) < 4.78 is 8.12. The SMILES string of the molecule is CCCNC(Cc1ccn(C)n1)c1ccc(OC)c(Br)c1. The maximum Gasteiger partial charge on any atom is 0.133 e. The van der Waals surface area contributed by atoms with E-state index in [0.29, 0.717) is 0 Å². The number of ether oxygens (including phenoxy) is 1. The molecule has 4 nitrogen and oxygen atoms in total. The van der Waals surface area contributed by atoms with Crippen molar-refractivity contribution in [2.45, 2.75) is 25.8 Å². The molecule has 0 saturated heterocycles. The van der Waals surface area contributed by atoms with Crippen molar-refractivity contribution in [2.24, 2.45) is 7.05 Å². The summed E-state index contributed by atoms with van der Waals surface area (Å²) in [6.45, 7) is 3.16. The van der Waals surface area contributed by atoms with Gasteiger partial charge in [0.05, 0.1) is 17.3 Å². The van der Waals surface area contributed by atoms with Crippen molar-refractivity contribution in [2.75, 3.05) is 13.7 Å². The van der Waals surface area contributed by atoms with E-state index in [-0.39, 0.29) is 6.04 Å². The van der Waals surface area contributed by atoms with Crippen molar-refractivity contribution < 1.29 is 4.74 Å². The van der Waals surface area contributed by atoms with E-state index in [0.717, 1.165) is 35.3 Å². The van der Waals surface area contributed by atoms with Gasteiger partial charge in [0, 0.05) is 25.7 Å². The quantitative estimate of drug-likeness (QED) is 0.829. The van der Waals surface area contributed by atoms with Crippen LogP contribution in [-0.4, -0.2) is 23.4 Å². The monoisotopic (exact) mass is 351 g/mol. The van der Waals surface area contributed by atoms with Gasteiger partial charge < -0.3 is 10.1 Å². The number of hydrogen-bond acceptors (Lipinski definition) is 3. The van der Waals surface area contributed by atoms with Crippen LogP contribution in [0.4, 0.5) is 0 Å². The highest BCUT2D eigenvalue weighted by atomic mass is 79.9. The molecule has 5 heteroatoms. The maximum absolute atomic E-state index is 5.30. The molecule has 0 amide bonds. The van der Waals surface area contributed by atoms with Gasteiger partial charge in [-0.25, -0.2) is 0 Å². The minimum absolute atomic E-state index is 0.252. The Hall–Kier alpha value is -1.33. The van der Waals surface area contributed by atoms with E-state index in [1.54, 1.807) is 7.11 Å². The van der Waals surface area contributed by atoms with Gasteiger partial charge in [0.2, 0.25) is 0 Å². The molecule has 1 heterocycles. The number of nitrogens with zero attached hydrogens (tertiary/aromatic N) is 2. The first-order chi connectivity index (χ1) is 10.1. The molecule has 2 aromatic rings. The van der Waals surface area contributed by atoms with Crippen molar-refractivity contribution >= 4 is 15.9 Å². The molecule has 0 aliphatic carbocycles. The second-order valence-electron chi connectivity index (χ2n) is 5.09. The summed E-state index contributed by atoms with van der Waals surface area (Å²) in [5.74, 6) is 0.853. The molecule has 1 unspecified atom stereocenters. The van der Waals surface area contributed by atoms with Gasteiger partial charge >= 0.3 is 0 Å². The molecule has 0 radical (unpaired) electrons. The second-order valence-corrected chi connectivity index (χ2v) is 5.94. The molecule has 1 N–H and O–H groups in total. The fraction of sp³-hybridized carbons (Fsp3) is 0.438. The average Bonchev–Trinajstić information content (AvgIpc) is 2.88. The number of methoxy groups -OCH3 is 1. The maximum atomic E-state index is 5.30. The van der Waals surface area contributed by atoms with Gasteiger partial charge in [0.25, 0.3) is 0 Å². The zero-order chi connectivity index (χ0) is 15.2. The molecule has 1 atom stereocenters. The molecule has 2 rings (SSSR count). The van der Waals surface area contributed by atoms with E-state index in [1.165, 1.54) is 5.56 Å². The highest BCUT2D eigenvalue weighted by molar-refractivity contribution is 9.10. The molecule has 1 aromatic carbocycles. The van der Waals surface area contributed by atoms with Crippen molar-refractivity contribution in [3.8, 4) is 5.75 Å². The van der Waals surface area contributed by atoms with Crippen LogP contribution in [0.2, 0.25) is 0 Å². The van der Waals surface area contributed by atoms with Crippen LogP contribution in [0.5, 0.6) is 5.75 Å². The molecule has 114 valence electrons. The summed E-state index contributed by atoms with van der Waals surface area (Å²) in [6.07, 6.45) is 3.96. The van der Waals surface area contributed by atoms with E-state index < -0.39 is 0 Å². The van der Waals surface area contributed by atoms with Gasteiger partial charge in [-0.05, 0) is 52.7 Å². The molecule has 0 aliphatic heterocycles.